The van der Waals surface area contributed by atoms with E-state index in [9.17, 15) is 4.79 Å². The molecule has 0 unspecified atom stereocenters. The maximum absolute atomic E-state index is 12.1. The van der Waals surface area contributed by atoms with Gasteiger partial charge >= 0.3 is 0 Å². The number of anilines is 2. The van der Waals surface area contributed by atoms with Crippen LogP contribution in [0.1, 0.15) is 21.7 Å². The van der Waals surface area contributed by atoms with E-state index in [1.54, 1.807) is 5.38 Å². The van der Waals surface area contributed by atoms with Crippen molar-refractivity contribution in [1.29, 1.82) is 0 Å². The fourth-order valence-corrected chi connectivity index (χ4v) is 3.18. The van der Waals surface area contributed by atoms with Gasteiger partial charge in [0, 0.05) is 17.3 Å². The minimum absolute atomic E-state index is 0.238. The van der Waals surface area contributed by atoms with Crippen LogP contribution in [0, 0.1) is 6.92 Å². The van der Waals surface area contributed by atoms with Crippen LogP contribution in [0.15, 0.2) is 41.1 Å². The van der Waals surface area contributed by atoms with Gasteiger partial charge in [0.1, 0.15) is 5.69 Å². The molecule has 0 aliphatic rings. The van der Waals surface area contributed by atoms with Crippen molar-refractivity contribution in [2.75, 3.05) is 10.6 Å². The molecule has 0 aliphatic heterocycles. The summed E-state index contributed by atoms with van der Waals surface area (Å²) in [4.78, 5) is 20.6. The number of carbonyl (C=O) groups is 1. The molecule has 7 heteroatoms. The first kappa shape index (κ1) is 14.7. The number of hydrogen-bond acceptors (Lipinski definition) is 6. The number of nitrogens with zero attached hydrogens (tertiary/aromatic N) is 2. The lowest BCUT2D eigenvalue weighted by atomic mass is 10.2. The largest absolute Gasteiger partial charge is 0.357 e. The molecule has 0 fully saturated rings. The van der Waals surface area contributed by atoms with Gasteiger partial charge in [-0.3, -0.25) is 10.1 Å². The van der Waals surface area contributed by atoms with Gasteiger partial charge in [0.15, 0.2) is 10.3 Å². The number of carbonyl (C=O) groups excluding carboxylic acids is 1. The van der Waals surface area contributed by atoms with Crippen LogP contribution in [0.4, 0.5) is 10.3 Å². The van der Waals surface area contributed by atoms with Gasteiger partial charge in [0.2, 0.25) is 0 Å². The minimum Gasteiger partial charge on any atom is -0.357 e. The van der Waals surface area contributed by atoms with Gasteiger partial charge in [0.05, 0.1) is 5.69 Å². The molecule has 1 aromatic carbocycles. The number of hydrogen-bond donors (Lipinski definition) is 2. The topological polar surface area (TPSA) is 66.9 Å². The molecule has 2 N–H and O–H groups in total. The standard InChI is InChI=1S/C15H14N4OS2/c1-10-8-21-15(17-10)19-13(20)12-9-22-14(18-12)16-7-11-5-3-2-4-6-11/h2-6,8-9H,7H2,1H3,(H,16,18)(H,17,19,20). The molecule has 5 nitrogen and oxygen atoms in total. The Hall–Kier alpha value is -2.25. The molecule has 0 saturated heterocycles. The smallest absolute Gasteiger partial charge is 0.276 e. The second-order valence-electron chi connectivity index (χ2n) is 4.63. The summed E-state index contributed by atoms with van der Waals surface area (Å²) in [6.45, 7) is 2.57. The molecule has 0 saturated carbocycles. The first-order chi connectivity index (χ1) is 10.7. The molecule has 112 valence electrons. The minimum atomic E-state index is -0.238. The monoisotopic (exact) mass is 330 g/mol. The summed E-state index contributed by atoms with van der Waals surface area (Å²) in [6.07, 6.45) is 0. The Morgan fingerprint density at radius 1 is 1.09 bits per heavy atom. The van der Waals surface area contributed by atoms with Gasteiger partial charge < -0.3 is 5.32 Å². The van der Waals surface area contributed by atoms with Crippen molar-refractivity contribution in [3.8, 4) is 0 Å². The van der Waals surface area contributed by atoms with Gasteiger partial charge in [-0.2, -0.15) is 0 Å². The van der Waals surface area contributed by atoms with Crippen LogP contribution in [0.25, 0.3) is 0 Å². The number of rotatable bonds is 5. The molecular formula is C15H14N4OS2. The van der Waals surface area contributed by atoms with E-state index in [1.807, 2.05) is 42.6 Å². The Morgan fingerprint density at radius 3 is 2.59 bits per heavy atom. The third-order valence-electron chi connectivity index (χ3n) is 2.86. The average molecular weight is 330 g/mol. The van der Waals surface area contributed by atoms with E-state index in [4.69, 9.17) is 0 Å². The molecule has 2 aromatic heterocycles. The molecule has 3 aromatic rings. The molecule has 22 heavy (non-hydrogen) atoms. The van der Waals surface area contributed by atoms with Crippen LogP contribution in [-0.2, 0) is 6.54 Å². The Bertz CT molecular complexity index is 767. The van der Waals surface area contributed by atoms with Crippen molar-refractivity contribution < 1.29 is 4.79 Å². The molecule has 0 radical (unpaired) electrons. The van der Waals surface area contributed by atoms with E-state index >= 15 is 0 Å². The lowest BCUT2D eigenvalue weighted by Gasteiger charge is -2.02. The SMILES string of the molecule is Cc1csc(NC(=O)c2csc(NCc3ccccc3)n2)n1. The number of thiazole rings is 2. The molecule has 0 spiro atoms. The van der Waals surface area contributed by atoms with E-state index in [0.717, 1.165) is 10.8 Å². The first-order valence-electron chi connectivity index (χ1n) is 6.67. The van der Waals surface area contributed by atoms with Crippen LogP contribution >= 0.6 is 22.7 Å². The number of nitrogens with one attached hydrogen (secondary N) is 2. The van der Waals surface area contributed by atoms with E-state index in [0.29, 0.717) is 17.4 Å². The molecular weight excluding hydrogens is 316 g/mol. The fraction of sp³-hybridized carbons (Fsp3) is 0.133. The highest BCUT2D eigenvalue weighted by Crippen LogP contribution is 2.19. The molecule has 3 rings (SSSR count). The van der Waals surface area contributed by atoms with Crippen LogP contribution < -0.4 is 10.6 Å². The fourth-order valence-electron chi connectivity index (χ4n) is 1.81. The zero-order valence-corrected chi connectivity index (χ0v) is 13.5. The van der Waals surface area contributed by atoms with Crippen molar-refractivity contribution in [1.82, 2.24) is 9.97 Å². The van der Waals surface area contributed by atoms with Crippen molar-refractivity contribution in [3.63, 3.8) is 0 Å². The van der Waals surface area contributed by atoms with Crippen molar-refractivity contribution in [2.45, 2.75) is 13.5 Å². The van der Waals surface area contributed by atoms with Crippen LogP contribution in [0.5, 0.6) is 0 Å². The summed E-state index contributed by atoms with van der Waals surface area (Å²) in [5.41, 5.74) is 2.46. The number of aryl methyl sites for hydroxylation is 1. The third-order valence-corrected chi connectivity index (χ3v) is 4.54. The zero-order chi connectivity index (χ0) is 15.4. The highest BCUT2D eigenvalue weighted by molar-refractivity contribution is 7.14. The maximum Gasteiger partial charge on any atom is 0.276 e. The normalized spacial score (nSPS) is 10.4. The van der Waals surface area contributed by atoms with Crippen LogP contribution in [0.2, 0.25) is 0 Å². The maximum atomic E-state index is 12.1. The highest BCUT2D eigenvalue weighted by atomic mass is 32.1. The van der Waals surface area contributed by atoms with E-state index in [2.05, 4.69) is 20.6 Å². The van der Waals surface area contributed by atoms with E-state index in [1.165, 1.54) is 28.2 Å². The molecule has 1 amide bonds. The Morgan fingerprint density at radius 2 is 1.86 bits per heavy atom. The van der Waals surface area contributed by atoms with Crippen LogP contribution in [-0.4, -0.2) is 15.9 Å². The first-order valence-corrected chi connectivity index (χ1v) is 8.43. The number of amides is 1. The molecule has 0 aliphatic carbocycles. The average Bonchev–Trinajstić information content (AvgIpc) is 3.15. The molecule has 0 atom stereocenters. The summed E-state index contributed by atoms with van der Waals surface area (Å²) >= 11 is 2.82. The summed E-state index contributed by atoms with van der Waals surface area (Å²) in [6, 6.07) is 10.1. The van der Waals surface area contributed by atoms with Crippen LogP contribution in [0.3, 0.4) is 0 Å². The van der Waals surface area contributed by atoms with Crippen molar-refractivity contribution >= 4 is 38.8 Å². The van der Waals surface area contributed by atoms with Crippen molar-refractivity contribution in [2.24, 2.45) is 0 Å². The van der Waals surface area contributed by atoms with E-state index in [-0.39, 0.29) is 5.91 Å². The number of benzene rings is 1. The van der Waals surface area contributed by atoms with E-state index < -0.39 is 0 Å². The van der Waals surface area contributed by atoms with Crippen molar-refractivity contribution in [3.05, 3.63) is 58.0 Å². The third kappa shape index (κ3) is 3.69. The second kappa shape index (κ2) is 6.67. The van der Waals surface area contributed by atoms with Gasteiger partial charge in [-0.05, 0) is 12.5 Å². The molecule has 0 bridgehead atoms. The molecule has 2 heterocycles. The summed E-state index contributed by atoms with van der Waals surface area (Å²) in [5, 5.41) is 10.9. The summed E-state index contributed by atoms with van der Waals surface area (Å²) in [7, 11) is 0. The Balaban J connectivity index is 1.59. The number of aromatic nitrogens is 2. The predicted octanol–water partition coefficient (Wildman–Crippen LogP) is 3.77. The lowest BCUT2D eigenvalue weighted by molar-refractivity contribution is 0.102. The quantitative estimate of drug-likeness (QED) is 0.747. The van der Waals surface area contributed by atoms with Gasteiger partial charge in [0.25, 0.3) is 5.91 Å². The summed E-state index contributed by atoms with van der Waals surface area (Å²) < 4.78 is 0. The van der Waals surface area contributed by atoms with Gasteiger partial charge in [-0.25, -0.2) is 9.97 Å². The zero-order valence-electron chi connectivity index (χ0n) is 11.9. The Kier molecular flexibility index (Phi) is 4.45. The Labute approximate surface area is 136 Å². The van der Waals surface area contributed by atoms with Gasteiger partial charge in [-0.1, -0.05) is 30.3 Å². The predicted molar refractivity (Wildman–Crippen MR) is 90.7 cm³/mol. The lowest BCUT2D eigenvalue weighted by Crippen LogP contribution is -2.12. The highest BCUT2D eigenvalue weighted by Gasteiger charge is 2.12. The van der Waals surface area contributed by atoms with Gasteiger partial charge in [-0.15, -0.1) is 22.7 Å². The summed E-state index contributed by atoms with van der Waals surface area (Å²) in [5.74, 6) is -0.238. The second-order valence-corrected chi connectivity index (χ2v) is 6.34.